The highest BCUT2D eigenvalue weighted by Gasteiger charge is 2.21. The van der Waals surface area contributed by atoms with Crippen LogP contribution in [0.15, 0.2) is 41.8 Å². The van der Waals surface area contributed by atoms with Crippen LogP contribution in [0.5, 0.6) is 0 Å². The molecule has 0 saturated heterocycles. The Morgan fingerprint density at radius 2 is 2.00 bits per heavy atom. The van der Waals surface area contributed by atoms with E-state index in [1.54, 1.807) is 0 Å². The molecule has 1 nitrogen and oxygen atoms in total. The molecule has 0 aliphatic carbocycles. The summed E-state index contributed by atoms with van der Waals surface area (Å²) in [4.78, 5) is 1.47. The first-order valence-electron chi connectivity index (χ1n) is 5.27. The van der Waals surface area contributed by atoms with Crippen LogP contribution in [0.3, 0.4) is 0 Å². The summed E-state index contributed by atoms with van der Waals surface area (Å²) in [6.45, 7) is 2.08. The number of hydrogen-bond acceptors (Lipinski definition) is 2. The predicted octanol–water partition coefficient (Wildman–Crippen LogP) is 3.41. The summed E-state index contributed by atoms with van der Waals surface area (Å²) in [5.74, 6) is 0.551. The maximum Gasteiger partial charge on any atom is 0.0312 e. The van der Waals surface area contributed by atoms with Gasteiger partial charge in [-0.15, -0.1) is 23.7 Å². The van der Waals surface area contributed by atoms with E-state index in [9.17, 15) is 0 Å². The summed E-state index contributed by atoms with van der Waals surface area (Å²) < 4.78 is 0. The molecule has 0 amide bonds. The molecular weight excluding hydrogens is 238 g/mol. The normalized spacial score (nSPS) is 18.6. The zero-order valence-corrected chi connectivity index (χ0v) is 10.5. The van der Waals surface area contributed by atoms with Crippen molar-refractivity contribution in [1.29, 1.82) is 0 Å². The van der Waals surface area contributed by atoms with Gasteiger partial charge < -0.3 is 5.32 Å². The summed E-state index contributed by atoms with van der Waals surface area (Å²) in [6, 6.07) is 13.1. The van der Waals surface area contributed by atoms with E-state index in [1.165, 1.54) is 16.0 Å². The highest BCUT2D eigenvalue weighted by atomic mass is 35.5. The molecule has 1 aromatic heterocycles. The molecule has 0 bridgehead atoms. The highest BCUT2D eigenvalue weighted by molar-refractivity contribution is 7.10. The third kappa shape index (κ3) is 2.01. The summed E-state index contributed by atoms with van der Waals surface area (Å²) >= 11 is 1.85. The molecule has 1 aliphatic heterocycles. The number of rotatable bonds is 1. The van der Waals surface area contributed by atoms with E-state index in [-0.39, 0.29) is 12.4 Å². The Labute approximate surface area is 106 Å². The van der Waals surface area contributed by atoms with E-state index in [0.717, 1.165) is 13.1 Å². The molecule has 0 saturated carbocycles. The van der Waals surface area contributed by atoms with Crippen LogP contribution in [0.2, 0.25) is 0 Å². The first-order chi connectivity index (χ1) is 7.45. The average molecular weight is 252 g/mol. The maximum atomic E-state index is 3.49. The van der Waals surface area contributed by atoms with Crippen molar-refractivity contribution in [2.24, 2.45) is 0 Å². The van der Waals surface area contributed by atoms with Crippen LogP contribution in [0.25, 0.3) is 0 Å². The zero-order valence-electron chi connectivity index (χ0n) is 8.85. The van der Waals surface area contributed by atoms with Crippen LogP contribution in [0, 0.1) is 0 Å². The van der Waals surface area contributed by atoms with Gasteiger partial charge in [0.2, 0.25) is 0 Å². The fourth-order valence-electron chi connectivity index (χ4n) is 2.24. The second-order valence-electron chi connectivity index (χ2n) is 3.90. The molecule has 84 valence electrons. The molecule has 0 radical (unpaired) electrons. The van der Waals surface area contributed by atoms with Crippen molar-refractivity contribution in [2.45, 2.75) is 12.5 Å². The molecule has 1 unspecified atom stereocenters. The van der Waals surface area contributed by atoms with E-state index in [0.29, 0.717) is 5.92 Å². The standard InChI is InChI=1S/C13H13NS.ClH/c1-2-5-11-10(4-1)8-14-9-12(11)13-6-3-7-15-13;/h1-7,12,14H,8-9H2;1H. The van der Waals surface area contributed by atoms with Gasteiger partial charge in [0.15, 0.2) is 0 Å². The van der Waals surface area contributed by atoms with Crippen molar-refractivity contribution in [1.82, 2.24) is 5.32 Å². The molecule has 2 heterocycles. The van der Waals surface area contributed by atoms with Gasteiger partial charge >= 0.3 is 0 Å². The first kappa shape index (κ1) is 11.6. The SMILES string of the molecule is Cl.c1csc(C2CNCc3ccccc32)c1. The lowest BCUT2D eigenvalue weighted by Crippen LogP contribution is -2.28. The molecule has 0 spiro atoms. The lowest BCUT2D eigenvalue weighted by molar-refractivity contribution is 0.596. The van der Waals surface area contributed by atoms with E-state index in [2.05, 4.69) is 47.1 Å². The lowest BCUT2D eigenvalue weighted by atomic mass is 9.90. The number of thiophene rings is 1. The number of fused-ring (bicyclic) bond motifs is 1. The second kappa shape index (κ2) is 5.00. The van der Waals surface area contributed by atoms with Crippen molar-refractivity contribution >= 4 is 23.7 Å². The number of halogens is 1. The minimum absolute atomic E-state index is 0. The Morgan fingerprint density at radius 3 is 2.81 bits per heavy atom. The van der Waals surface area contributed by atoms with Crippen molar-refractivity contribution in [3.8, 4) is 0 Å². The number of hydrogen-bond donors (Lipinski definition) is 1. The van der Waals surface area contributed by atoms with Gasteiger partial charge in [0.25, 0.3) is 0 Å². The van der Waals surface area contributed by atoms with Crippen LogP contribution in [-0.2, 0) is 6.54 Å². The molecule has 1 aliphatic rings. The number of nitrogens with one attached hydrogen (secondary N) is 1. The van der Waals surface area contributed by atoms with E-state index < -0.39 is 0 Å². The van der Waals surface area contributed by atoms with Crippen LogP contribution in [0.1, 0.15) is 21.9 Å². The van der Waals surface area contributed by atoms with Crippen LogP contribution < -0.4 is 5.32 Å². The minimum atomic E-state index is 0. The van der Waals surface area contributed by atoms with Crippen molar-refractivity contribution in [2.75, 3.05) is 6.54 Å². The minimum Gasteiger partial charge on any atom is -0.312 e. The van der Waals surface area contributed by atoms with Crippen LogP contribution in [0.4, 0.5) is 0 Å². The van der Waals surface area contributed by atoms with Gasteiger partial charge in [-0.1, -0.05) is 30.3 Å². The smallest absolute Gasteiger partial charge is 0.0312 e. The van der Waals surface area contributed by atoms with Gasteiger partial charge in [0.05, 0.1) is 0 Å². The Bertz CT molecular complexity index is 453. The predicted molar refractivity (Wildman–Crippen MR) is 71.6 cm³/mol. The maximum absolute atomic E-state index is 3.49. The molecule has 1 N–H and O–H groups in total. The molecule has 16 heavy (non-hydrogen) atoms. The summed E-state index contributed by atoms with van der Waals surface area (Å²) in [6.07, 6.45) is 0. The van der Waals surface area contributed by atoms with Crippen molar-refractivity contribution in [3.05, 3.63) is 57.8 Å². The molecule has 1 aromatic carbocycles. The highest BCUT2D eigenvalue weighted by Crippen LogP contribution is 2.32. The summed E-state index contributed by atoms with van der Waals surface area (Å²) in [5.41, 5.74) is 2.95. The van der Waals surface area contributed by atoms with Gasteiger partial charge in [-0.25, -0.2) is 0 Å². The zero-order chi connectivity index (χ0) is 10.1. The quantitative estimate of drug-likeness (QED) is 0.819. The summed E-state index contributed by atoms with van der Waals surface area (Å²) in [5, 5.41) is 5.65. The van der Waals surface area contributed by atoms with E-state index in [1.807, 2.05) is 11.3 Å². The van der Waals surface area contributed by atoms with Gasteiger partial charge in [0.1, 0.15) is 0 Å². The Balaban J connectivity index is 0.000000963. The summed E-state index contributed by atoms with van der Waals surface area (Å²) in [7, 11) is 0. The molecular formula is C13H14ClNS. The third-order valence-electron chi connectivity index (χ3n) is 2.98. The molecule has 2 aromatic rings. The Hall–Kier alpha value is -0.830. The first-order valence-corrected chi connectivity index (χ1v) is 6.15. The van der Waals surface area contributed by atoms with Crippen molar-refractivity contribution < 1.29 is 0 Å². The molecule has 3 rings (SSSR count). The average Bonchev–Trinajstić information content (AvgIpc) is 2.82. The Morgan fingerprint density at radius 1 is 1.12 bits per heavy atom. The Kier molecular flexibility index (Phi) is 3.64. The van der Waals surface area contributed by atoms with Gasteiger partial charge in [-0.3, -0.25) is 0 Å². The topological polar surface area (TPSA) is 12.0 Å². The monoisotopic (exact) mass is 251 g/mol. The lowest BCUT2D eigenvalue weighted by Gasteiger charge is -2.25. The van der Waals surface area contributed by atoms with Gasteiger partial charge in [0, 0.05) is 23.9 Å². The fourth-order valence-corrected chi connectivity index (χ4v) is 3.09. The fraction of sp³-hybridized carbons (Fsp3) is 0.231. The van der Waals surface area contributed by atoms with Gasteiger partial charge in [-0.05, 0) is 22.6 Å². The van der Waals surface area contributed by atoms with Crippen molar-refractivity contribution in [3.63, 3.8) is 0 Å². The van der Waals surface area contributed by atoms with Crippen LogP contribution >= 0.6 is 23.7 Å². The van der Waals surface area contributed by atoms with Crippen LogP contribution in [-0.4, -0.2) is 6.54 Å². The van der Waals surface area contributed by atoms with E-state index in [4.69, 9.17) is 0 Å². The van der Waals surface area contributed by atoms with Gasteiger partial charge in [-0.2, -0.15) is 0 Å². The number of benzene rings is 1. The molecule has 3 heteroatoms. The second-order valence-corrected chi connectivity index (χ2v) is 4.88. The molecule has 1 atom stereocenters. The van der Waals surface area contributed by atoms with E-state index >= 15 is 0 Å². The molecule has 0 fully saturated rings. The third-order valence-corrected chi connectivity index (χ3v) is 3.97. The largest absolute Gasteiger partial charge is 0.312 e.